The van der Waals surface area contributed by atoms with Crippen LogP contribution in [0.25, 0.3) is 0 Å². The summed E-state index contributed by atoms with van der Waals surface area (Å²) in [5.74, 6) is 0. The molecule has 0 atom stereocenters. The van der Waals surface area contributed by atoms with Gasteiger partial charge in [0.05, 0.1) is 0 Å². The van der Waals surface area contributed by atoms with Crippen molar-refractivity contribution in [3.05, 3.63) is 34.9 Å². The topological polar surface area (TPSA) is 9.23 Å². The second-order valence-electron chi connectivity index (χ2n) is 1.88. The molecule has 1 rings (SSSR count). The lowest BCUT2D eigenvalue weighted by Gasteiger charge is -1.94. The summed E-state index contributed by atoms with van der Waals surface area (Å²) in [4.78, 5) is 3.42. The number of benzene rings is 1. The average Bonchev–Trinajstić information content (AvgIpc) is 1.88. The lowest BCUT2D eigenvalue weighted by Crippen LogP contribution is -1.82. The Morgan fingerprint density at radius 3 is 2.90 bits per heavy atom. The summed E-state index contributed by atoms with van der Waals surface area (Å²) in [6.07, 6.45) is 0. The molecule has 3 heteroatoms. The zero-order valence-electron chi connectivity index (χ0n) is 5.18. The maximum atomic E-state index is 11.3. The van der Waals surface area contributed by atoms with Crippen LogP contribution in [-0.2, 0) is 11.5 Å². The number of hydrogen-bond acceptors (Lipinski definition) is 1. The minimum absolute atomic E-state index is 0.0411. The van der Waals surface area contributed by atoms with Gasteiger partial charge < -0.3 is 0 Å². The number of hydrogen-bond donors (Lipinski definition) is 0. The van der Waals surface area contributed by atoms with E-state index >= 15 is 0 Å². The SMILES string of the molecule is FOCc1cccc(Cl)c1. The van der Waals surface area contributed by atoms with Crippen LogP contribution in [0.2, 0.25) is 5.02 Å². The van der Waals surface area contributed by atoms with Gasteiger partial charge in [-0.25, -0.2) is 0 Å². The third-order valence-electron chi connectivity index (χ3n) is 1.11. The summed E-state index contributed by atoms with van der Waals surface area (Å²) in [5.41, 5.74) is 0.731. The van der Waals surface area contributed by atoms with Crippen molar-refractivity contribution in [3.63, 3.8) is 0 Å². The van der Waals surface area contributed by atoms with Gasteiger partial charge in [0.25, 0.3) is 0 Å². The predicted octanol–water partition coefficient (Wildman–Crippen LogP) is 2.74. The highest BCUT2D eigenvalue weighted by molar-refractivity contribution is 6.30. The van der Waals surface area contributed by atoms with Crippen LogP contribution in [0.3, 0.4) is 0 Å². The minimum Gasteiger partial charge on any atom is -0.189 e. The molecule has 0 amide bonds. The van der Waals surface area contributed by atoms with Gasteiger partial charge in [0.2, 0.25) is 0 Å². The first-order valence-corrected chi connectivity index (χ1v) is 3.18. The van der Waals surface area contributed by atoms with Gasteiger partial charge >= 0.3 is 0 Å². The predicted molar refractivity (Wildman–Crippen MR) is 37.3 cm³/mol. The van der Waals surface area contributed by atoms with Gasteiger partial charge in [0, 0.05) is 5.02 Å². The zero-order valence-corrected chi connectivity index (χ0v) is 5.94. The summed E-state index contributed by atoms with van der Waals surface area (Å²) in [6.45, 7) is -0.0411. The molecule has 1 nitrogen and oxygen atoms in total. The number of halogens is 2. The van der Waals surface area contributed by atoms with E-state index in [0.29, 0.717) is 5.02 Å². The van der Waals surface area contributed by atoms with E-state index in [9.17, 15) is 4.53 Å². The summed E-state index contributed by atoms with van der Waals surface area (Å²) < 4.78 is 11.3. The molecule has 54 valence electrons. The van der Waals surface area contributed by atoms with E-state index in [2.05, 4.69) is 4.94 Å². The fraction of sp³-hybridized carbons (Fsp3) is 0.143. The van der Waals surface area contributed by atoms with Crippen LogP contribution < -0.4 is 0 Å². The van der Waals surface area contributed by atoms with Crippen molar-refractivity contribution in [2.45, 2.75) is 6.61 Å². The van der Waals surface area contributed by atoms with Gasteiger partial charge in [-0.2, -0.15) is 4.94 Å². The molecule has 0 N–H and O–H groups in total. The molecule has 10 heavy (non-hydrogen) atoms. The molecule has 0 saturated heterocycles. The Hall–Kier alpha value is -0.600. The molecule has 0 saturated carbocycles. The third-order valence-corrected chi connectivity index (χ3v) is 1.35. The maximum Gasteiger partial charge on any atom is 0.113 e. The van der Waals surface area contributed by atoms with Crippen LogP contribution in [0.4, 0.5) is 4.53 Å². The second-order valence-corrected chi connectivity index (χ2v) is 2.32. The van der Waals surface area contributed by atoms with E-state index in [1.165, 1.54) is 0 Å². The average molecular weight is 161 g/mol. The van der Waals surface area contributed by atoms with Crippen LogP contribution in [0.1, 0.15) is 5.56 Å². The van der Waals surface area contributed by atoms with E-state index in [4.69, 9.17) is 11.6 Å². The van der Waals surface area contributed by atoms with Crippen molar-refractivity contribution in [2.24, 2.45) is 0 Å². The number of rotatable bonds is 2. The van der Waals surface area contributed by atoms with Gasteiger partial charge in [-0.05, 0) is 22.2 Å². The molecule has 1 aromatic rings. The van der Waals surface area contributed by atoms with Gasteiger partial charge in [-0.1, -0.05) is 23.7 Å². The molecule has 1 aromatic carbocycles. The van der Waals surface area contributed by atoms with Crippen molar-refractivity contribution < 1.29 is 9.47 Å². The van der Waals surface area contributed by atoms with Crippen molar-refractivity contribution >= 4 is 11.6 Å². The van der Waals surface area contributed by atoms with E-state index in [0.717, 1.165) is 5.56 Å². The second kappa shape index (κ2) is 3.54. The molecule has 0 heterocycles. The summed E-state index contributed by atoms with van der Waals surface area (Å²) in [5, 5.41) is 0.592. The zero-order chi connectivity index (χ0) is 7.40. The van der Waals surface area contributed by atoms with Crippen molar-refractivity contribution in [2.75, 3.05) is 0 Å². The molecule has 0 spiro atoms. The Bertz CT molecular complexity index is 215. The van der Waals surface area contributed by atoms with Crippen molar-refractivity contribution in [3.8, 4) is 0 Å². The molecular weight excluding hydrogens is 155 g/mol. The molecule has 0 radical (unpaired) electrons. The Balaban J connectivity index is 2.75. The van der Waals surface area contributed by atoms with Crippen LogP contribution in [-0.4, -0.2) is 0 Å². The molecule has 0 bridgehead atoms. The Labute approximate surface area is 63.3 Å². The monoisotopic (exact) mass is 160 g/mol. The third kappa shape index (κ3) is 1.97. The molecule has 0 aliphatic heterocycles. The van der Waals surface area contributed by atoms with E-state index in [1.807, 2.05) is 0 Å². The summed E-state index contributed by atoms with van der Waals surface area (Å²) in [7, 11) is 0. The Morgan fingerprint density at radius 1 is 1.50 bits per heavy atom. The van der Waals surface area contributed by atoms with E-state index in [1.54, 1.807) is 24.3 Å². The molecule has 0 aliphatic carbocycles. The molecule has 0 unspecified atom stereocenters. The van der Waals surface area contributed by atoms with Crippen molar-refractivity contribution in [1.82, 2.24) is 0 Å². The highest BCUT2D eigenvalue weighted by atomic mass is 35.5. The van der Waals surface area contributed by atoms with Crippen LogP contribution in [0.15, 0.2) is 24.3 Å². The van der Waals surface area contributed by atoms with Crippen LogP contribution in [0, 0.1) is 0 Å². The first-order chi connectivity index (χ1) is 4.83. The smallest absolute Gasteiger partial charge is 0.113 e. The van der Waals surface area contributed by atoms with E-state index in [-0.39, 0.29) is 6.61 Å². The Morgan fingerprint density at radius 2 is 2.30 bits per heavy atom. The van der Waals surface area contributed by atoms with Crippen LogP contribution in [0.5, 0.6) is 0 Å². The molecule has 0 aliphatic rings. The minimum atomic E-state index is -0.0411. The largest absolute Gasteiger partial charge is 0.189 e. The standard InChI is InChI=1S/C7H6ClFO/c8-7-3-1-2-6(4-7)5-10-9/h1-4H,5H2. The molecule has 0 fully saturated rings. The maximum absolute atomic E-state index is 11.3. The summed E-state index contributed by atoms with van der Waals surface area (Å²) in [6, 6.07) is 6.87. The van der Waals surface area contributed by atoms with E-state index < -0.39 is 0 Å². The molecule has 0 aromatic heterocycles. The fourth-order valence-electron chi connectivity index (χ4n) is 0.690. The van der Waals surface area contributed by atoms with Gasteiger partial charge in [0.1, 0.15) is 6.61 Å². The first kappa shape index (κ1) is 7.51. The summed E-state index contributed by atoms with van der Waals surface area (Å²) >= 11 is 5.60. The van der Waals surface area contributed by atoms with Gasteiger partial charge in [0.15, 0.2) is 0 Å². The lowest BCUT2D eigenvalue weighted by molar-refractivity contribution is -0.144. The molecular formula is C7H6ClFO. The van der Waals surface area contributed by atoms with Crippen molar-refractivity contribution in [1.29, 1.82) is 0 Å². The quantitative estimate of drug-likeness (QED) is 0.647. The Kier molecular flexibility index (Phi) is 2.66. The highest BCUT2D eigenvalue weighted by Crippen LogP contribution is 2.11. The van der Waals surface area contributed by atoms with Crippen LogP contribution >= 0.6 is 11.6 Å². The lowest BCUT2D eigenvalue weighted by atomic mass is 10.2. The highest BCUT2D eigenvalue weighted by Gasteiger charge is 1.92. The normalized spacial score (nSPS) is 9.80. The van der Waals surface area contributed by atoms with Gasteiger partial charge in [-0.3, -0.25) is 0 Å². The van der Waals surface area contributed by atoms with Gasteiger partial charge in [-0.15, -0.1) is 0 Å². The first-order valence-electron chi connectivity index (χ1n) is 2.81. The fourth-order valence-corrected chi connectivity index (χ4v) is 0.903.